The summed E-state index contributed by atoms with van der Waals surface area (Å²) in [5.74, 6) is 0.235. The quantitative estimate of drug-likeness (QED) is 0.247. The molecule has 0 aromatic heterocycles. The Balaban J connectivity index is 1.39. The standard InChI is InChI=1S/C36H26/c1-24-20-29(25-10-3-2-4-11-25)23-30(21-24)27-13-9-14-28(22-27)35-32-16-7-8-17-33(32)36-31-15-6-5-12-26(31)18-19-34(35)36/h2-23,35H,1H3. The Hall–Kier alpha value is -4.42. The highest BCUT2D eigenvalue weighted by Crippen LogP contribution is 2.50. The van der Waals surface area contributed by atoms with E-state index in [1.165, 1.54) is 66.4 Å². The molecule has 0 amide bonds. The predicted octanol–water partition coefficient (Wildman–Crippen LogP) is 9.64. The van der Waals surface area contributed by atoms with Gasteiger partial charge in [-0.25, -0.2) is 0 Å². The molecule has 1 unspecified atom stereocenters. The summed E-state index contributed by atoms with van der Waals surface area (Å²) in [4.78, 5) is 0. The summed E-state index contributed by atoms with van der Waals surface area (Å²) in [5, 5.41) is 2.64. The van der Waals surface area contributed by atoms with Gasteiger partial charge in [0.1, 0.15) is 0 Å². The zero-order valence-electron chi connectivity index (χ0n) is 20.3. The van der Waals surface area contributed by atoms with Crippen LogP contribution in [0.5, 0.6) is 0 Å². The van der Waals surface area contributed by atoms with Gasteiger partial charge in [0.25, 0.3) is 0 Å². The zero-order valence-corrected chi connectivity index (χ0v) is 20.3. The summed E-state index contributed by atoms with van der Waals surface area (Å²) in [7, 11) is 0. The van der Waals surface area contributed by atoms with E-state index in [2.05, 4.69) is 140 Å². The maximum atomic E-state index is 2.40. The molecule has 0 heteroatoms. The number of benzene rings is 6. The fourth-order valence-electron chi connectivity index (χ4n) is 5.98. The SMILES string of the molecule is Cc1cc(-c2ccccc2)cc(-c2cccc(C3c4ccccc4-c4c3ccc3ccccc43)c2)c1. The molecular formula is C36H26. The van der Waals surface area contributed by atoms with E-state index in [4.69, 9.17) is 0 Å². The zero-order chi connectivity index (χ0) is 24.1. The van der Waals surface area contributed by atoms with Crippen LogP contribution in [-0.2, 0) is 0 Å². The summed E-state index contributed by atoms with van der Waals surface area (Å²) in [6, 6.07) is 49.0. The Bertz CT molecular complexity index is 1740. The monoisotopic (exact) mass is 458 g/mol. The molecule has 1 atom stereocenters. The molecule has 0 fully saturated rings. The number of rotatable bonds is 3. The van der Waals surface area contributed by atoms with E-state index in [0.717, 1.165) is 0 Å². The fraction of sp³-hybridized carbons (Fsp3) is 0.0556. The van der Waals surface area contributed by atoms with Crippen LogP contribution < -0.4 is 0 Å². The van der Waals surface area contributed by atoms with Gasteiger partial charge in [0.2, 0.25) is 0 Å². The van der Waals surface area contributed by atoms with Crippen LogP contribution in [0.25, 0.3) is 44.2 Å². The first-order valence-corrected chi connectivity index (χ1v) is 12.6. The second-order valence-corrected chi connectivity index (χ2v) is 9.85. The van der Waals surface area contributed by atoms with Crippen LogP contribution in [0, 0.1) is 6.92 Å². The molecule has 0 spiro atoms. The minimum atomic E-state index is 0.235. The van der Waals surface area contributed by atoms with Gasteiger partial charge in [-0.2, -0.15) is 0 Å². The Morgan fingerprint density at radius 3 is 2.08 bits per heavy atom. The lowest BCUT2D eigenvalue weighted by molar-refractivity contribution is 1.02. The molecule has 0 bridgehead atoms. The predicted molar refractivity (Wildman–Crippen MR) is 152 cm³/mol. The molecule has 7 rings (SSSR count). The van der Waals surface area contributed by atoms with Gasteiger partial charge in [0.15, 0.2) is 0 Å². The van der Waals surface area contributed by atoms with Gasteiger partial charge in [-0.3, -0.25) is 0 Å². The molecule has 1 aliphatic rings. The van der Waals surface area contributed by atoms with Crippen molar-refractivity contribution in [3.05, 3.63) is 156 Å². The second kappa shape index (κ2) is 8.36. The van der Waals surface area contributed by atoms with Crippen LogP contribution in [0.2, 0.25) is 0 Å². The normalized spacial score (nSPS) is 14.0. The van der Waals surface area contributed by atoms with Gasteiger partial charge in [0, 0.05) is 5.92 Å². The topological polar surface area (TPSA) is 0 Å². The molecule has 0 heterocycles. The van der Waals surface area contributed by atoms with Gasteiger partial charge in [0.05, 0.1) is 0 Å². The van der Waals surface area contributed by atoms with E-state index in [1.807, 2.05) is 0 Å². The van der Waals surface area contributed by atoms with Crippen LogP contribution >= 0.6 is 0 Å². The van der Waals surface area contributed by atoms with E-state index in [0.29, 0.717) is 0 Å². The van der Waals surface area contributed by atoms with Crippen LogP contribution in [-0.4, -0.2) is 0 Å². The van der Waals surface area contributed by atoms with Crippen LogP contribution in [0.3, 0.4) is 0 Å². The fourth-order valence-corrected chi connectivity index (χ4v) is 5.98. The van der Waals surface area contributed by atoms with Crippen molar-refractivity contribution in [2.24, 2.45) is 0 Å². The van der Waals surface area contributed by atoms with Crippen molar-refractivity contribution in [1.82, 2.24) is 0 Å². The molecule has 1 aliphatic carbocycles. The van der Waals surface area contributed by atoms with E-state index >= 15 is 0 Å². The second-order valence-electron chi connectivity index (χ2n) is 9.85. The Labute approximate surface area is 212 Å². The van der Waals surface area contributed by atoms with Crippen molar-refractivity contribution in [2.75, 3.05) is 0 Å². The van der Waals surface area contributed by atoms with Crippen LogP contribution in [0.1, 0.15) is 28.2 Å². The van der Waals surface area contributed by atoms with Gasteiger partial charge in [-0.1, -0.05) is 127 Å². The number of hydrogen-bond donors (Lipinski definition) is 0. The summed E-state index contributed by atoms with van der Waals surface area (Å²) in [6.07, 6.45) is 0. The molecule has 0 aliphatic heterocycles. The van der Waals surface area contributed by atoms with E-state index in [9.17, 15) is 0 Å². The van der Waals surface area contributed by atoms with E-state index in [1.54, 1.807) is 0 Å². The highest BCUT2D eigenvalue weighted by atomic mass is 14.3. The summed E-state index contributed by atoms with van der Waals surface area (Å²) in [6.45, 7) is 2.19. The first-order valence-electron chi connectivity index (χ1n) is 12.6. The maximum absolute atomic E-state index is 2.40. The first kappa shape index (κ1) is 20.9. The molecule has 36 heavy (non-hydrogen) atoms. The van der Waals surface area contributed by atoms with Crippen molar-refractivity contribution >= 4 is 10.8 Å². The summed E-state index contributed by atoms with van der Waals surface area (Å²) < 4.78 is 0. The average Bonchev–Trinajstić information content (AvgIpc) is 3.28. The van der Waals surface area contributed by atoms with Crippen molar-refractivity contribution in [1.29, 1.82) is 0 Å². The highest BCUT2D eigenvalue weighted by Gasteiger charge is 2.31. The highest BCUT2D eigenvalue weighted by molar-refractivity contribution is 6.02. The largest absolute Gasteiger partial charge is 0.0622 e. The number of hydrogen-bond acceptors (Lipinski definition) is 0. The van der Waals surface area contributed by atoms with Crippen molar-refractivity contribution in [2.45, 2.75) is 12.8 Å². The third kappa shape index (κ3) is 3.38. The smallest absolute Gasteiger partial charge is 0.0352 e. The van der Waals surface area contributed by atoms with Crippen LogP contribution in [0.15, 0.2) is 133 Å². The van der Waals surface area contributed by atoms with Crippen molar-refractivity contribution in [3.63, 3.8) is 0 Å². The summed E-state index contributed by atoms with van der Waals surface area (Å²) in [5.41, 5.74) is 13.2. The molecule has 6 aromatic carbocycles. The third-order valence-electron chi connectivity index (χ3n) is 7.55. The van der Waals surface area contributed by atoms with E-state index < -0.39 is 0 Å². The average molecular weight is 459 g/mol. The van der Waals surface area contributed by atoms with Crippen molar-refractivity contribution < 1.29 is 0 Å². The van der Waals surface area contributed by atoms with Gasteiger partial charge in [-0.15, -0.1) is 0 Å². The number of aryl methyl sites for hydroxylation is 1. The molecule has 0 radical (unpaired) electrons. The lowest BCUT2D eigenvalue weighted by Crippen LogP contribution is -1.99. The van der Waals surface area contributed by atoms with Crippen LogP contribution in [0.4, 0.5) is 0 Å². The minimum Gasteiger partial charge on any atom is -0.0622 e. The maximum Gasteiger partial charge on any atom is 0.0352 e. The van der Waals surface area contributed by atoms with Gasteiger partial charge >= 0.3 is 0 Å². The Morgan fingerprint density at radius 2 is 1.19 bits per heavy atom. The molecule has 6 aromatic rings. The van der Waals surface area contributed by atoms with E-state index in [-0.39, 0.29) is 5.92 Å². The van der Waals surface area contributed by atoms with Crippen molar-refractivity contribution in [3.8, 4) is 33.4 Å². The molecule has 0 N–H and O–H groups in total. The lowest BCUT2D eigenvalue weighted by Gasteiger charge is -2.17. The Kier molecular flexibility index (Phi) is 4.85. The lowest BCUT2D eigenvalue weighted by atomic mass is 9.87. The third-order valence-corrected chi connectivity index (χ3v) is 7.55. The Morgan fingerprint density at radius 1 is 0.472 bits per heavy atom. The summed E-state index contributed by atoms with van der Waals surface area (Å²) >= 11 is 0. The molecule has 170 valence electrons. The van der Waals surface area contributed by atoms with Gasteiger partial charge < -0.3 is 0 Å². The molecular weight excluding hydrogens is 432 g/mol. The first-order chi connectivity index (χ1) is 17.8. The molecule has 0 saturated carbocycles. The molecule has 0 nitrogen and oxygen atoms in total. The minimum absolute atomic E-state index is 0.235. The number of fused-ring (bicyclic) bond motifs is 5. The molecule has 0 saturated heterocycles. The van der Waals surface area contributed by atoms with Gasteiger partial charge in [-0.05, 0) is 79.4 Å².